The Morgan fingerprint density at radius 2 is 1.95 bits per heavy atom. The number of nitrogens with zero attached hydrogens (tertiary/aromatic N) is 4. The second-order valence-electron chi connectivity index (χ2n) is 4.89. The van der Waals surface area contributed by atoms with Crippen LogP contribution in [0.25, 0.3) is 15.9 Å². The minimum Gasteiger partial charge on any atom is -0.324 e. The summed E-state index contributed by atoms with van der Waals surface area (Å²) in [5.74, 6) is 0.683. The number of rotatable bonds is 2. The molecule has 0 amide bonds. The Hall–Kier alpha value is -2.47. The Morgan fingerprint density at radius 3 is 2.76 bits per heavy atom. The van der Waals surface area contributed by atoms with E-state index in [2.05, 4.69) is 29.2 Å². The van der Waals surface area contributed by atoms with Crippen molar-refractivity contribution >= 4 is 38.8 Å². The number of fused-ring (bicyclic) bond motifs is 3. The van der Waals surface area contributed by atoms with E-state index in [1.54, 1.807) is 22.2 Å². The molecule has 104 valence electrons. The normalized spacial score (nSPS) is 11.3. The average Bonchev–Trinajstić information content (AvgIpc) is 3.06. The van der Waals surface area contributed by atoms with Gasteiger partial charge in [0, 0.05) is 10.6 Å². The van der Waals surface area contributed by atoms with Crippen molar-refractivity contribution in [3.05, 3.63) is 47.1 Å². The monoisotopic (exact) mass is 295 g/mol. The zero-order valence-electron chi connectivity index (χ0n) is 11.7. The molecule has 0 unspecified atom stereocenters. The molecule has 0 spiro atoms. The number of anilines is 2. The first-order valence-electron chi connectivity index (χ1n) is 6.65. The molecule has 5 nitrogen and oxygen atoms in total. The summed E-state index contributed by atoms with van der Waals surface area (Å²) in [6.07, 6.45) is 1.57. The third-order valence-corrected chi connectivity index (χ3v) is 4.68. The van der Waals surface area contributed by atoms with E-state index < -0.39 is 0 Å². The topological polar surface area (TPSA) is 55.1 Å². The predicted molar refractivity (Wildman–Crippen MR) is 85.4 cm³/mol. The van der Waals surface area contributed by atoms with E-state index in [1.165, 1.54) is 10.4 Å². The number of para-hydroxylation sites is 1. The van der Waals surface area contributed by atoms with Crippen LogP contribution in [0.5, 0.6) is 0 Å². The molecule has 4 aromatic rings. The molecule has 0 bridgehead atoms. The van der Waals surface area contributed by atoms with E-state index in [0.29, 0.717) is 5.95 Å². The van der Waals surface area contributed by atoms with E-state index in [-0.39, 0.29) is 0 Å². The molecule has 1 aromatic carbocycles. The van der Waals surface area contributed by atoms with Crippen LogP contribution in [-0.4, -0.2) is 19.6 Å². The van der Waals surface area contributed by atoms with Crippen LogP contribution in [-0.2, 0) is 0 Å². The van der Waals surface area contributed by atoms with Gasteiger partial charge in [0.15, 0.2) is 5.65 Å². The molecule has 0 aliphatic heterocycles. The SMILES string of the molecule is Cc1sc2nc(Nc3ccccc3)n3ncnc3c2c1C. The number of hydrogen-bond donors (Lipinski definition) is 1. The van der Waals surface area contributed by atoms with Gasteiger partial charge in [0.1, 0.15) is 11.2 Å². The lowest BCUT2D eigenvalue weighted by molar-refractivity contribution is 0.946. The van der Waals surface area contributed by atoms with Gasteiger partial charge in [-0.3, -0.25) is 0 Å². The van der Waals surface area contributed by atoms with Crippen LogP contribution in [0, 0.1) is 13.8 Å². The summed E-state index contributed by atoms with van der Waals surface area (Å²) in [6.45, 7) is 4.22. The van der Waals surface area contributed by atoms with Crippen molar-refractivity contribution < 1.29 is 0 Å². The maximum Gasteiger partial charge on any atom is 0.231 e. The van der Waals surface area contributed by atoms with Crippen molar-refractivity contribution in [2.24, 2.45) is 0 Å². The first kappa shape index (κ1) is 12.3. The standard InChI is InChI=1S/C15H13N5S/c1-9-10(2)21-14-12(9)13-16-8-17-20(13)15(19-14)18-11-6-4-3-5-7-11/h3-8H,1-2H3,(H,18,19). The summed E-state index contributed by atoms with van der Waals surface area (Å²) >= 11 is 1.69. The van der Waals surface area contributed by atoms with Crippen molar-refractivity contribution in [3.8, 4) is 0 Å². The van der Waals surface area contributed by atoms with Crippen LogP contribution in [0.2, 0.25) is 0 Å². The third-order valence-electron chi connectivity index (χ3n) is 3.58. The van der Waals surface area contributed by atoms with Gasteiger partial charge in [0.2, 0.25) is 5.95 Å². The summed E-state index contributed by atoms with van der Waals surface area (Å²) in [6, 6.07) is 9.95. The number of aromatic nitrogens is 4. The Bertz CT molecular complexity index is 939. The second kappa shape index (κ2) is 4.53. The fraction of sp³-hybridized carbons (Fsp3) is 0.133. The Kier molecular flexibility index (Phi) is 2.65. The number of aryl methyl sites for hydroxylation is 2. The lowest BCUT2D eigenvalue weighted by Crippen LogP contribution is -2.03. The van der Waals surface area contributed by atoms with Crippen molar-refractivity contribution in [1.82, 2.24) is 19.6 Å². The third kappa shape index (κ3) is 1.87. The minimum absolute atomic E-state index is 0.683. The number of benzene rings is 1. The lowest BCUT2D eigenvalue weighted by Gasteiger charge is -2.07. The molecule has 0 aliphatic carbocycles. The Labute approximate surface area is 125 Å². The van der Waals surface area contributed by atoms with Crippen molar-refractivity contribution in [2.75, 3.05) is 5.32 Å². The van der Waals surface area contributed by atoms with E-state index in [0.717, 1.165) is 21.6 Å². The summed E-state index contributed by atoms with van der Waals surface area (Å²) < 4.78 is 1.76. The van der Waals surface area contributed by atoms with E-state index >= 15 is 0 Å². The quantitative estimate of drug-likeness (QED) is 0.612. The van der Waals surface area contributed by atoms with Gasteiger partial charge in [-0.15, -0.1) is 11.3 Å². The van der Waals surface area contributed by atoms with Gasteiger partial charge in [0.05, 0.1) is 5.39 Å². The Morgan fingerprint density at radius 1 is 1.14 bits per heavy atom. The summed E-state index contributed by atoms with van der Waals surface area (Å²) in [5.41, 5.74) is 3.05. The summed E-state index contributed by atoms with van der Waals surface area (Å²) in [7, 11) is 0. The van der Waals surface area contributed by atoms with Crippen LogP contribution < -0.4 is 5.32 Å². The van der Waals surface area contributed by atoms with E-state index in [1.807, 2.05) is 30.3 Å². The van der Waals surface area contributed by atoms with Crippen LogP contribution in [0.1, 0.15) is 10.4 Å². The first-order valence-corrected chi connectivity index (χ1v) is 7.47. The molecule has 0 aliphatic rings. The molecule has 0 atom stereocenters. The minimum atomic E-state index is 0.683. The Balaban J connectivity index is 1.98. The average molecular weight is 295 g/mol. The molecule has 21 heavy (non-hydrogen) atoms. The van der Waals surface area contributed by atoms with Crippen LogP contribution >= 0.6 is 11.3 Å². The maximum atomic E-state index is 4.72. The molecule has 1 N–H and O–H groups in total. The van der Waals surface area contributed by atoms with Crippen LogP contribution in [0.15, 0.2) is 36.7 Å². The second-order valence-corrected chi connectivity index (χ2v) is 6.09. The summed E-state index contributed by atoms with van der Waals surface area (Å²) in [5, 5.41) is 8.70. The lowest BCUT2D eigenvalue weighted by atomic mass is 10.2. The molecular formula is C15H13N5S. The number of nitrogens with one attached hydrogen (secondary N) is 1. The van der Waals surface area contributed by atoms with Gasteiger partial charge >= 0.3 is 0 Å². The van der Waals surface area contributed by atoms with Gasteiger partial charge < -0.3 is 5.32 Å². The number of thiophene rings is 1. The molecule has 6 heteroatoms. The van der Waals surface area contributed by atoms with Gasteiger partial charge in [0.25, 0.3) is 0 Å². The molecule has 0 radical (unpaired) electrons. The molecule has 3 aromatic heterocycles. The van der Waals surface area contributed by atoms with Crippen molar-refractivity contribution in [1.29, 1.82) is 0 Å². The highest BCUT2D eigenvalue weighted by Crippen LogP contribution is 2.32. The maximum absolute atomic E-state index is 4.72. The highest BCUT2D eigenvalue weighted by atomic mass is 32.1. The van der Waals surface area contributed by atoms with Gasteiger partial charge in [-0.1, -0.05) is 18.2 Å². The van der Waals surface area contributed by atoms with Crippen molar-refractivity contribution in [2.45, 2.75) is 13.8 Å². The zero-order chi connectivity index (χ0) is 14.4. The fourth-order valence-corrected chi connectivity index (χ4v) is 3.42. The smallest absolute Gasteiger partial charge is 0.231 e. The first-order chi connectivity index (χ1) is 10.2. The highest BCUT2D eigenvalue weighted by Gasteiger charge is 2.15. The van der Waals surface area contributed by atoms with Gasteiger partial charge in [-0.2, -0.15) is 9.61 Å². The zero-order valence-corrected chi connectivity index (χ0v) is 12.5. The molecule has 3 heterocycles. The van der Waals surface area contributed by atoms with Crippen molar-refractivity contribution in [3.63, 3.8) is 0 Å². The number of hydrogen-bond acceptors (Lipinski definition) is 5. The summed E-state index contributed by atoms with van der Waals surface area (Å²) in [4.78, 5) is 11.4. The van der Waals surface area contributed by atoms with E-state index in [4.69, 9.17) is 4.98 Å². The van der Waals surface area contributed by atoms with Crippen LogP contribution in [0.4, 0.5) is 11.6 Å². The molecular weight excluding hydrogens is 282 g/mol. The van der Waals surface area contributed by atoms with E-state index in [9.17, 15) is 0 Å². The largest absolute Gasteiger partial charge is 0.324 e. The highest BCUT2D eigenvalue weighted by molar-refractivity contribution is 7.18. The molecule has 0 saturated heterocycles. The molecule has 4 rings (SSSR count). The molecule has 0 saturated carbocycles. The van der Waals surface area contributed by atoms with Gasteiger partial charge in [-0.25, -0.2) is 9.97 Å². The molecule has 0 fully saturated rings. The van der Waals surface area contributed by atoms with Gasteiger partial charge in [-0.05, 0) is 31.5 Å². The van der Waals surface area contributed by atoms with Crippen LogP contribution in [0.3, 0.4) is 0 Å². The fourth-order valence-electron chi connectivity index (χ4n) is 2.39. The predicted octanol–water partition coefficient (Wildman–Crippen LogP) is 3.70.